The number of benzene rings is 1. The second-order valence-electron chi connectivity index (χ2n) is 4.19. The highest BCUT2D eigenvalue weighted by atomic mass is 79.9. The van der Waals surface area contributed by atoms with Gasteiger partial charge in [0.25, 0.3) is 0 Å². The number of carbonyl (C=O) groups excluding carboxylic acids is 1. The lowest BCUT2D eigenvalue weighted by Gasteiger charge is -2.34. The van der Waals surface area contributed by atoms with Crippen molar-refractivity contribution in [2.45, 2.75) is 18.6 Å². The Balaban J connectivity index is 1.93. The predicted molar refractivity (Wildman–Crippen MR) is 74.8 cm³/mol. The molecule has 0 N–H and O–H groups in total. The smallest absolute Gasteiger partial charge is 0.169 e. The van der Waals surface area contributed by atoms with Gasteiger partial charge in [-0.1, -0.05) is 27.5 Å². The number of methoxy groups -OCH3 is 1. The van der Waals surface area contributed by atoms with Gasteiger partial charge in [-0.2, -0.15) is 0 Å². The van der Waals surface area contributed by atoms with Gasteiger partial charge in [0, 0.05) is 18.0 Å². The van der Waals surface area contributed by atoms with Gasteiger partial charge < -0.3 is 14.2 Å². The van der Waals surface area contributed by atoms with Gasteiger partial charge in [-0.15, -0.1) is 0 Å². The van der Waals surface area contributed by atoms with Gasteiger partial charge in [-0.3, -0.25) is 4.79 Å². The summed E-state index contributed by atoms with van der Waals surface area (Å²) in [6.45, 7) is 0.830. The maximum atomic E-state index is 11.5. The maximum absolute atomic E-state index is 11.5. The molecule has 0 saturated heterocycles. The van der Waals surface area contributed by atoms with Gasteiger partial charge >= 0.3 is 0 Å². The third-order valence-electron chi connectivity index (χ3n) is 2.81. The fourth-order valence-corrected chi connectivity index (χ4v) is 2.48. The molecule has 1 saturated carbocycles. The minimum atomic E-state index is -0.519. The fraction of sp³-hybridized carbons (Fsp3) is 0.462. The molecular weight excluding hydrogens is 335 g/mol. The highest BCUT2D eigenvalue weighted by Gasteiger charge is 2.42. The molecule has 19 heavy (non-hydrogen) atoms. The van der Waals surface area contributed by atoms with Gasteiger partial charge in [0.05, 0.1) is 18.2 Å². The lowest BCUT2D eigenvalue weighted by Crippen LogP contribution is -2.52. The Morgan fingerprint density at radius 2 is 2.21 bits per heavy atom. The molecule has 0 aromatic heterocycles. The summed E-state index contributed by atoms with van der Waals surface area (Å²) in [6, 6.07) is 5.35. The molecule has 6 heteroatoms. The number of carbonyl (C=O) groups is 1. The molecule has 2 unspecified atom stereocenters. The maximum Gasteiger partial charge on any atom is 0.169 e. The Labute approximate surface area is 125 Å². The first kappa shape index (κ1) is 14.8. The molecule has 104 valence electrons. The van der Waals surface area contributed by atoms with E-state index in [9.17, 15) is 4.79 Å². The molecule has 2 rings (SSSR count). The van der Waals surface area contributed by atoms with E-state index < -0.39 is 6.10 Å². The summed E-state index contributed by atoms with van der Waals surface area (Å²) in [4.78, 5) is 11.5. The average Bonchev–Trinajstić information content (AvgIpc) is 2.37. The highest BCUT2D eigenvalue weighted by molar-refractivity contribution is 9.10. The topological polar surface area (TPSA) is 44.8 Å². The minimum absolute atomic E-state index is 0.0503. The lowest BCUT2D eigenvalue weighted by molar-refractivity contribution is -0.156. The second-order valence-corrected chi connectivity index (χ2v) is 5.51. The van der Waals surface area contributed by atoms with Gasteiger partial charge in [0.15, 0.2) is 11.9 Å². The number of hydrogen-bond acceptors (Lipinski definition) is 4. The van der Waals surface area contributed by atoms with Crippen molar-refractivity contribution < 1.29 is 19.0 Å². The summed E-state index contributed by atoms with van der Waals surface area (Å²) in [5, 5.41) is 0.504. The van der Waals surface area contributed by atoms with Crippen LogP contribution in [0.15, 0.2) is 22.7 Å². The Morgan fingerprint density at radius 1 is 1.42 bits per heavy atom. The zero-order chi connectivity index (χ0) is 13.8. The van der Waals surface area contributed by atoms with Crippen LogP contribution in [-0.4, -0.2) is 38.3 Å². The molecular formula is C13H14BrClO4. The third kappa shape index (κ3) is 3.69. The summed E-state index contributed by atoms with van der Waals surface area (Å²) in [5.41, 5.74) is 0. The first-order valence-electron chi connectivity index (χ1n) is 5.87. The van der Waals surface area contributed by atoms with Crippen LogP contribution in [0, 0.1) is 0 Å². The monoisotopic (exact) mass is 348 g/mol. The molecule has 1 fully saturated rings. The Morgan fingerprint density at radius 3 is 2.84 bits per heavy atom. The summed E-state index contributed by atoms with van der Waals surface area (Å²) in [5.74, 6) is 0.608. The van der Waals surface area contributed by atoms with E-state index in [-0.39, 0.29) is 11.9 Å². The molecule has 4 nitrogen and oxygen atoms in total. The Bertz CT molecular complexity index is 466. The predicted octanol–water partition coefficient (Wildman–Crippen LogP) is 2.85. The number of rotatable bonds is 6. The van der Waals surface area contributed by atoms with Crippen molar-refractivity contribution in [3.63, 3.8) is 0 Å². The molecule has 1 aromatic carbocycles. The van der Waals surface area contributed by atoms with Gasteiger partial charge in [0.1, 0.15) is 11.9 Å². The van der Waals surface area contributed by atoms with E-state index in [0.717, 1.165) is 4.47 Å². The van der Waals surface area contributed by atoms with E-state index in [1.807, 2.05) is 6.07 Å². The molecule has 1 aliphatic rings. The summed E-state index contributed by atoms with van der Waals surface area (Å²) < 4.78 is 16.9. The molecule has 0 bridgehead atoms. The molecule has 0 radical (unpaired) electrons. The summed E-state index contributed by atoms with van der Waals surface area (Å²) >= 11 is 9.39. The molecule has 0 heterocycles. The van der Waals surface area contributed by atoms with Crippen molar-refractivity contribution in [3.05, 3.63) is 27.7 Å². The van der Waals surface area contributed by atoms with E-state index >= 15 is 0 Å². The van der Waals surface area contributed by atoms with Crippen LogP contribution in [0.1, 0.15) is 6.42 Å². The molecule has 0 amide bonds. The number of Topliss-reactive ketones (excluding diaryl/α,β-unsaturated/α-hetero) is 1. The van der Waals surface area contributed by atoms with E-state index in [4.69, 9.17) is 25.8 Å². The van der Waals surface area contributed by atoms with Crippen LogP contribution in [0.25, 0.3) is 0 Å². The van der Waals surface area contributed by atoms with Gasteiger partial charge in [-0.25, -0.2) is 0 Å². The Kier molecular flexibility index (Phi) is 5.21. The number of hydrogen-bond donors (Lipinski definition) is 0. The van der Waals surface area contributed by atoms with Crippen molar-refractivity contribution in [1.82, 2.24) is 0 Å². The molecule has 1 aliphatic carbocycles. The van der Waals surface area contributed by atoms with Crippen LogP contribution in [0.3, 0.4) is 0 Å². The Hall–Kier alpha value is -0.620. The van der Waals surface area contributed by atoms with E-state index in [2.05, 4.69) is 15.9 Å². The van der Waals surface area contributed by atoms with Gasteiger partial charge in [-0.05, 0) is 18.2 Å². The van der Waals surface area contributed by atoms with E-state index in [0.29, 0.717) is 30.4 Å². The normalized spacial score (nSPS) is 22.2. The minimum Gasteiger partial charge on any atom is -0.485 e. The van der Waals surface area contributed by atoms with Gasteiger partial charge in [0.2, 0.25) is 0 Å². The molecule has 2 atom stereocenters. The van der Waals surface area contributed by atoms with Crippen LogP contribution < -0.4 is 4.74 Å². The standard InChI is InChI=1S/C13H14BrClO4/c1-17-4-5-18-13-10(16)7-12(13)19-11-3-2-8(14)6-9(11)15/h2-3,6,12-13H,4-5,7H2,1H3. The van der Waals surface area contributed by atoms with Crippen molar-refractivity contribution >= 4 is 33.3 Å². The summed E-state index contributed by atoms with van der Waals surface area (Å²) in [6.07, 6.45) is -0.442. The van der Waals surface area contributed by atoms with Crippen molar-refractivity contribution in [3.8, 4) is 5.75 Å². The molecule has 0 aliphatic heterocycles. The third-order valence-corrected chi connectivity index (χ3v) is 3.60. The number of ether oxygens (including phenoxy) is 3. The summed E-state index contributed by atoms with van der Waals surface area (Å²) in [7, 11) is 1.58. The lowest BCUT2D eigenvalue weighted by atomic mass is 9.90. The zero-order valence-electron chi connectivity index (χ0n) is 10.4. The van der Waals surface area contributed by atoms with Crippen LogP contribution in [0.4, 0.5) is 0 Å². The van der Waals surface area contributed by atoms with E-state index in [1.165, 1.54) is 0 Å². The SMILES string of the molecule is COCCOC1C(=O)CC1Oc1ccc(Br)cc1Cl. The second kappa shape index (κ2) is 6.70. The van der Waals surface area contributed by atoms with Crippen LogP contribution in [-0.2, 0) is 14.3 Å². The largest absolute Gasteiger partial charge is 0.485 e. The molecule has 1 aromatic rings. The molecule has 0 spiro atoms. The quantitative estimate of drug-likeness (QED) is 0.741. The first-order chi connectivity index (χ1) is 9.11. The number of halogens is 2. The first-order valence-corrected chi connectivity index (χ1v) is 7.04. The highest BCUT2D eigenvalue weighted by Crippen LogP contribution is 2.32. The van der Waals surface area contributed by atoms with Crippen LogP contribution in [0.5, 0.6) is 5.75 Å². The number of ketones is 1. The fourth-order valence-electron chi connectivity index (χ4n) is 1.76. The van der Waals surface area contributed by atoms with Crippen molar-refractivity contribution in [2.24, 2.45) is 0 Å². The van der Waals surface area contributed by atoms with Crippen molar-refractivity contribution in [2.75, 3.05) is 20.3 Å². The van der Waals surface area contributed by atoms with E-state index in [1.54, 1.807) is 19.2 Å². The van der Waals surface area contributed by atoms with Crippen LogP contribution in [0.2, 0.25) is 5.02 Å². The average molecular weight is 350 g/mol. The van der Waals surface area contributed by atoms with Crippen molar-refractivity contribution in [1.29, 1.82) is 0 Å². The van der Waals surface area contributed by atoms with Crippen LogP contribution >= 0.6 is 27.5 Å². The zero-order valence-corrected chi connectivity index (χ0v) is 12.7.